The van der Waals surface area contributed by atoms with Gasteiger partial charge in [0.2, 0.25) is 0 Å². The van der Waals surface area contributed by atoms with Crippen LogP contribution in [-0.4, -0.2) is 28.5 Å². The average Bonchev–Trinajstić information content (AvgIpc) is 2.97. The summed E-state index contributed by atoms with van der Waals surface area (Å²) < 4.78 is 5.33. The highest BCUT2D eigenvalue weighted by molar-refractivity contribution is 5.98. The van der Waals surface area contributed by atoms with Gasteiger partial charge in [0, 0.05) is 16.8 Å². The van der Waals surface area contributed by atoms with Crippen LogP contribution in [-0.2, 0) is 16.0 Å². The minimum absolute atomic E-state index is 0.302. The van der Waals surface area contributed by atoms with Gasteiger partial charge in [0.1, 0.15) is 0 Å². The van der Waals surface area contributed by atoms with Gasteiger partial charge in [-0.3, -0.25) is 4.79 Å². The van der Waals surface area contributed by atoms with Gasteiger partial charge in [0.05, 0.1) is 28.0 Å². The first kappa shape index (κ1) is 24.8. The molecule has 5 rings (SSSR count). The highest BCUT2D eigenvalue weighted by Gasteiger charge is 2.16. The van der Waals surface area contributed by atoms with Crippen molar-refractivity contribution in [2.75, 3.05) is 11.9 Å². The Labute approximate surface area is 221 Å². The number of esters is 1. The Morgan fingerprint density at radius 2 is 1.39 bits per heavy atom. The molecule has 1 N–H and O–H groups in total. The molecule has 0 atom stereocenters. The third-order valence-corrected chi connectivity index (χ3v) is 6.33. The topological polar surface area (TPSA) is 81.2 Å². The number of anilines is 1. The normalized spacial score (nSPS) is 10.8. The van der Waals surface area contributed by atoms with Crippen molar-refractivity contribution in [1.82, 2.24) is 9.97 Å². The Morgan fingerprint density at radius 3 is 2.03 bits per heavy atom. The zero-order valence-electron chi connectivity index (χ0n) is 21.3. The van der Waals surface area contributed by atoms with Crippen LogP contribution in [0.3, 0.4) is 0 Å². The zero-order valence-corrected chi connectivity index (χ0v) is 21.3. The summed E-state index contributed by atoms with van der Waals surface area (Å²) in [6, 6.07) is 30.6. The molecule has 1 heterocycles. The van der Waals surface area contributed by atoms with Crippen molar-refractivity contribution in [2.45, 2.75) is 20.3 Å². The van der Waals surface area contributed by atoms with Gasteiger partial charge in [-0.05, 0) is 42.7 Å². The maximum atomic E-state index is 12.8. The summed E-state index contributed by atoms with van der Waals surface area (Å²) in [6.07, 6.45) is 0.784. The number of aromatic nitrogens is 2. The van der Waals surface area contributed by atoms with Crippen molar-refractivity contribution in [3.05, 3.63) is 114 Å². The van der Waals surface area contributed by atoms with E-state index in [9.17, 15) is 9.59 Å². The molecule has 4 aromatic carbocycles. The van der Waals surface area contributed by atoms with Crippen molar-refractivity contribution in [1.29, 1.82) is 0 Å². The number of hydrogen-bond donors (Lipinski definition) is 1. The molecule has 0 aliphatic carbocycles. The van der Waals surface area contributed by atoms with Gasteiger partial charge >= 0.3 is 5.97 Å². The van der Waals surface area contributed by atoms with E-state index in [2.05, 4.69) is 5.32 Å². The van der Waals surface area contributed by atoms with Crippen LogP contribution in [0, 0.1) is 6.92 Å². The third-order valence-electron chi connectivity index (χ3n) is 6.33. The van der Waals surface area contributed by atoms with Crippen molar-refractivity contribution < 1.29 is 14.3 Å². The Morgan fingerprint density at radius 1 is 0.763 bits per heavy atom. The fourth-order valence-corrected chi connectivity index (χ4v) is 4.37. The lowest BCUT2D eigenvalue weighted by Gasteiger charge is -2.13. The van der Waals surface area contributed by atoms with Crippen molar-refractivity contribution in [3.8, 4) is 22.5 Å². The van der Waals surface area contributed by atoms with E-state index in [1.54, 1.807) is 18.2 Å². The van der Waals surface area contributed by atoms with Crippen LogP contribution in [0.5, 0.6) is 0 Å². The fraction of sp³-hybridized carbons (Fsp3) is 0.125. The molecule has 0 aliphatic rings. The molecule has 0 saturated carbocycles. The Bertz CT molecular complexity index is 1620. The van der Waals surface area contributed by atoms with E-state index in [1.807, 2.05) is 92.7 Å². The highest BCUT2D eigenvalue weighted by atomic mass is 16.5. The molecule has 0 bridgehead atoms. The first-order chi connectivity index (χ1) is 18.5. The lowest BCUT2D eigenvalue weighted by molar-refractivity contribution is -0.119. The lowest BCUT2D eigenvalue weighted by Crippen LogP contribution is -2.22. The van der Waals surface area contributed by atoms with E-state index >= 15 is 0 Å². The van der Waals surface area contributed by atoms with Crippen molar-refractivity contribution >= 4 is 28.6 Å². The number of para-hydroxylation sites is 1. The standard InChI is InChI=1S/C32H27N3O3/c1-3-22-16-10-11-21(2)29(22)35-28(36)20-38-32(37)25-17-18-26-27(19-25)34-31(24-14-8-5-9-15-24)30(33-26)23-12-6-4-7-13-23/h4-19H,3,20H2,1-2H3,(H,35,36). The second-order valence-electron chi connectivity index (χ2n) is 8.94. The van der Waals surface area contributed by atoms with Crippen molar-refractivity contribution in [2.24, 2.45) is 0 Å². The maximum Gasteiger partial charge on any atom is 0.338 e. The van der Waals surface area contributed by atoms with E-state index in [4.69, 9.17) is 14.7 Å². The molecular weight excluding hydrogens is 474 g/mol. The summed E-state index contributed by atoms with van der Waals surface area (Å²) in [5.74, 6) is -0.987. The van der Waals surface area contributed by atoms with E-state index < -0.39 is 5.97 Å². The number of fused-ring (bicyclic) bond motifs is 1. The second-order valence-corrected chi connectivity index (χ2v) is 8.94. The smallest absolute Gasteiger partial charge is 0.338 e. The summed E-state index contributed by atoms with van der Waals surface area (Å²) in [5.41, 5.74) is 7.64. The number of hydrogen-bond acceptors (Lipinski definition) is 5. The molecule has 0 saturated heterocycles. The zero-order chi connectivity index (χ0) is 26.5. The molecule has 0 unspecified atom stereocenters. The number of aryl methyl sites for hydroxylation is 2. The third kappa shape index (κ3) is 5.30. The molecule has 188 valence electrons. The van der Waals surface area contributed by atoms with E-state index in [1.165, 1.54) is 0 Å². The summed E-state index contributed by atoms with van der Waals surface area (Å²) in [7, 11) is 0. The number of amides is 1. The van der Waals surface area contributed by atoms with E-state index in [0.717, 1.165) is 45.7 Å². The molecule has 6 nitrogen and oxygen atoms in total. The van der Waals surface area contributed by atoms with E-state index in [-0.39, 0.29) is 12.5 Å². The van der Waals surface area contributed by atoms with Crippen LogP contribution in [0.2, 0.25) is 0 Å². The van der Waals surface area contributed by atoms with Gasteiger partial charge in [-0.2, -0.15) is 0 Å². The van der Waals surface area contributed by atoms with Gasteiger partial charge in [0.15, 0.2) is 6.61 Å². The molecule has 5 aromatic rings. The largest absolute Gasteiger partial charge is 0.452 e. The fourth-order valence-electron chi connectivity index (χ4n) is 4.37. The monoisotopic (exact) mass is 501 g/mol. The maximum absolute atomic E-state index is 12.8. The number of benzene rings is 4. The number of ether oxygens (including phenoxy) is 1. The first-order valence-corrected chi connectivity index (χ1v) is 12.5. The summed E-state index contributed by atoms with van der Waals surface area (Å²) in [5, 5.41) is 2.88. The SMILES string of the molecule is CCc1cccc(C)c1NC(=O)COC(=O)c1ccc2nc(-c3ccccc3)c(-c3ccccc3)nc2c1. The second kappa shape index (κ2) is 11.0. The van der Waals surface area contributed by atoms with Gasteiger partial charge in [-0.1, -0.05) is 85.8 Å². The Balaban J connectivity index is 1.39. The predicted octanol–water partition coefficient (Wildman–Crippen LogP) is 6.63. The molecule has 0 spiro atoms. The summed E-state index contributed by atoms with van der Waals surface area (Å²) in [6.45, 7) is 3.57. The molecule has 1 amide bonds. The summed E-state index contributed by atoms with van der Waals surface area (Å²) in [4.78, 5) is 35.2. The van der Waals surface area contributed by atoms with Crippen LogP contribution in [0.15, 0.2) is 97.1 Å². The highest BCUT2D eigenvalue weighted by Crippen LogP contribution is 2.31. The van der Waals surface area contributed by atoms with Gasteiger partial charge in [0.25, 0.3) is 5.91 Å². The van der Waals surface area contributed by atoms with Gasteiger partial charge < -0.3 is 10.1 Å². The van der Waals surface area contributed by atoms with Crippen LogP contribution >= 0.6 is 0 Å². The Hall–Kier alpha value is -4.84. The number of carbonyl (C=O) groups excluding carboxylic acids is 2. The van der Waals surface area contributed by atoms with Crippen molar-refractivity contribution in [3.63, 3.8) is 0 Å². The molecule has 0 radical (unpaired) electrons. The molecular formula is C32H27N3O3. The molecule has 0 fully saturated rings. The lowest BCUT2D eigenvalue weighted by atomic mass is 10.0. The van der Waals surface area contributed by atoms with Crippen LogP contribution in [0.4, 0.5) is 5.69 Å². The minimum Gasteiger partial charge on any atom is -0.452 e. The van der Waals surface area contributed by atoms with Crippen LogP contribution < -0.4 is 5.32 Å². The van der Waals surface area contributed by atoms with Crippen LogP contribution in [0.1, 0.15) is 28.4 Å². The Kier molecular flexibility index (Phi) is 7.22. The number of nitrogens with one attached hydrogen (secondary N) is 1. The minimum atomic E-state index is -0.599. The number of nitrogens with zero attached hydrogens (tertiary/aromatic N) is 2. The average molecular weight is 502 g/mol. The van der Waals surface area contributed by atoms with Crippen LogP contribution in [0.25, 0.3) is 33.5 Å². The molecule has 6 heteroatoms. The predicted molar refractivity (Wildman–Crippen MR) is 150 cm³/mol. The first-order valence-electron chi connectivity index (χ1n) is 12.5. The molecule has 1 aromatic heterocycles. The quantitative estimate of drug-likeness (QED) is 0.253. The molecule has 38 heavy (non-hydrogen) atoms. The number of carbonyl (C=O) groups is 2. The van der Waals surface area contributed by atoms with Gasteiger partial charge in [-0.15, -0.1) is 0 Å². The molecule has 0 aliphatic heterocycles. The number of rotatable bonds is 7. The van der Waals surface area contributed by atoms with Gasteiger partial charge in [-0.25, -0.2) is 14.8 Å². The van der Waals surface area contributed by atoms with E-state index in [0.29, 0.717) is 16.6 Å². The summed E-state index contributed by atoms with van der Waals surface area (Å²) >= 11 is 0.